The number of aromatic nitrogens is 3. The first-order valence-electron chi connectivity index (χ1n) is 5.03. The Balaban J connectivity index is 2.14. The monoisotopic (exact) mass is 373 g/mol. The predicted octanol–water partition coefficient (Wildman–Crippen LogP) is 2.69. The average molecular weight is 375 g/mol. The van der Waals surface area contributed by atoms with E-state index in [0.29, 0.717) is 15.0 Å². The van der Waals surface area contributed by atoms with Crippen molar-refractivity contribution >= 4 is 37.6 Å². The van der Waals surface area contributed by atoms with Gasteiger partial charge in [-0.05, 0) is 56.1 Å². The maximum atomic E-state index is 12.0. The summed E-state index contributed by atoms with van der Waals surface area (Å²) in [6.07, 6.45) is 0. The van der Waals surface area contributed by atoms with Crippen LogP contribution in [0.2, 0.25) is 0 Å². The number of ketones is 1. The van der Waals surface area contributed by atoms with Crippen molar-refractivity contribution in [1.82, 2.24) is 14.8 Å². The third kappa shape index (κ3) is 2.97. The van der Waals surface area contributed by atoms with Gasteiger partial charge in [0.1, 0.15) is 12.3 Å². The second kappa shape index (κ2) is 5.62. The van der Waals surface area contributed by atoms with Crippen LogP contribution in [0.1, 0.15) is 10.4 Å². The number of Topliss-reactive ketones (excluding diaryl/α,β-unsaturated/α-hetero) is 1. The first-order valence-corrected chi connectivity index (χ1v) is 6.62. The number of methoxy groups -OCH3 is 1. The molecular formula is C11H9Br2N3O2. The summed E-state index contributed by atoms with van der Waals surface area (Å²) in [6.45, 7) is 0.130. The van der Waals surface area contributed by atoms with Gasteiger partial charge in [0.05, 0.1) is 7.11 Å². The molecule has 0 aliphatic rings. The quantitative estimate of drug-likeness (QED) is 0.772. The molecule has 2 rings (SSSR count). The molecule has 0 unspecified atom stereocenters. The van der Waals surface area contributed by atoms with Crippen LogP contribution in [-0.2, 0) is 6.54 Å². The van der Waals surface area contributed by atoms with Crippen LogP contribution in [0.3, 0.4) is 0 Å². The van der Waals surface area contributed by atoms with Crippen LogP contribution in [0.25, 0.3) is 0 Å². The Morgan fingerprint density at radius 3 is 2.50 bits per heavy atom. The van der Waals surface area contributed by atoms with E-state index in [2.05, 4.69) is 41.9 Å². The zero-order chi connectivity index (χ0) is 13.1. The largest absolute Gasteiger partial charge is 0.497 e. The van der Waals surface area contributed by atoms with E-state index in [1.807, 2.05) is 0 Å². The molecule has 0 saturated carbocycles. The van der Waals surface area contributed by atoms with Gasteiger partial charge in [-0.15, -0.1) is 5.10 Å². The topological polar surface area (TPSA) is 57.0 Å². The van der Waals surface area contributed by atoms with Crippen molar-refractivity contribution < 1.29 is 9.53 Å². The average Bonchev–Trinajstić information content (AvgIpc) is 2.68. The number of carbonyl (C=O) groups excluding carboxylic acids is 1. The van der Waals surface area contributed by atoms with E-state index in [1.54, 1.807) is 31.4 Å². The molecule has 0 bridgehead atoms. The van der Waals surface area contributed by atoms with Crippen LogP contribution in [0.4, 0.5) is 0 Å². The number of benzene rings is 1. The van der Waals surface area contributed by atoms with Crippen LogP contribution in [0, 0.1) is 0 Å². The molecule has 0 aliphatic carbocycles. The molecule has 7 heteroatoms. The zero-order valence-corrected chi connectivity index (χ0v) is 12.6. The highest BCUT2D eigenvalue weighted by Crippen LogP contribution is 2.14. The number of carbonyl (C=O) groups is 1. The summed E-state index contributed by atoms with van der Waals surface area (Å²) in [4.78, 5) is 16.0. The molecule has 0 saturated heterocycles. The number of hydrogen-bond acceptors (Lipinski definition) is 4. The lowest BCUT2D eigenvalue weighted by Gasteiger charge is -2.03. The van der Waals surface area contributed by atoms with Gasteiger partial charge in [0, 0.05) is 5.56 Å². The molecule has 94 valence electrons. The van der Waals surface area contributed by atoms with E-state index in [4.69, 9.17) is 4.74 Å². The summed E-state index contributed by atoms with van der Waals surface area (Å²) in [5.74, 6) is 0.673. The smallest absolute Gasteiger partial charge is 0.218 e. The highest BCUT2D eigenvalue weighted by molar-refractivity contribution is 9.11. The van der Waals surface area contributed by atoms with E-state index in [0.717, 1.165) is 5.75 Å². The van der Waals surface area contributed by atoms with E-state index >= 15 is 0 Å². The molecule has 18 heavy (non-hydrogen) atoms. The van der Waals surface area contributed by atoms with Gasteiger partial charge in [0.15, 0.2) is 10.5 Å². The first-order chi connectivity index (χ1) is 8.60. The second-order valence-electron chi connectivity index (χ2n) is 3.46. The third-order valence-electron chi connectivity index (χ3n) is 2.31. The summed E-state index contributed by atoms with van der Waals surface area (Å²) < 4.78 is 7.47. The van der Waals surface area contributed by atoms with Gasteiger partial charge in [0.2, 0.25) is 4.73 Å². The zero-order valence-electron chi connectivity index (χ0n) is 9.43. The molecule has 5 nitrogen and oxygen atoms in total. The summed E-state index contributed by atoms with van der Waals surface area (Å²) in [6, 6.07) is 6.95. The number of hydrogen-bond donors (Lipinski definition) is 0. The SMILES string of the molecule is COc1ccc(C(=O)Cn2nc(Br)nc2Br)cc1. The molecular weight excluding hydrogens is 366 g/mol. The fraction of sp³-hybridized carbons (Fsp3) is 0.182. The summed E-state index contributed by atoms with van der Waals surface area (Å²) in [5, 5.41) is 4.04. The van der Waals surface area contributed by atoms with E-state index in [9.17, 15) is 4.79 Å². The van der Waals surface area contributed by atoms with Gasteiger partial charge < -0.3 is 4.74 Å². The van der Waals surface area contributed by atoms with Crippen LogP contribution in [0.15, 0.2) is 33.7 Å². The van der Waals surface area contributed by atoms with Crippen molar-refractivity contribution in [3.63, 3.8) is 0 Å². The molecule has 1 aromatic carbocycles. The molecule has 1 aromatic heterocycles. The lowest BCUT2D eigenvalue weighted by Crippen LogP contribution is -2.12. The van der Waals surface area contributed by atoms with Crippen LogP contribution in [-0.4, -0.2) is 27.7 Å². The highest BCUT2D eigenvalue weighted by Gasteiger charge is 2.11. The van der Waals surface area contributed by atoms with E-state index in [1.165, 1.54) is 4.68 Å². The minimum absolute atomic E-state index is 0.0456. The number of halogens is 2. The maximum Gasteiger partial charge on any atom is 0.218 e. The van der Waals surface area contributed by atoms with Gasteiger partial charge in [-0.2, -0.15) is 4.98 Å². The second-order valence-corrected chi connectivity index (χ2v) is 4.88. The minimum atomic E-state index is -0.0456. The van der Waals surface area contributed by atoms with Gasteiger partial charge in [-0.3, -0.25) is 4.79 Å². The summed E-state index contributed by atoms with van der Waals surface area (Å²) in [5.41, 5.74) is 0.606. The fourth-order valence-corrected chi connectivity index (χ4v) is 2.37. The summed E-state index contributed by atoms with van der Waals surface area (Å²) >= 11 is 6.38. The van der Waals surface area contributed by atoms with Gasteiger partial charge in [-0.25, -0.2) is 4.68 Å². The van der Waals surface area contributed by atoms with Crippen molar-refractivity contribution in [2.24, 2.45) is 0 Å². The lowest BCUT2D eigenvalue weighted by molar-refractivity contribution is 0.0966. The van der Waals surface area contributed by atoms with Gasteiger partial charge >= 0.3 is 0 Å². The van der Waals surface area contributed by atoms with Crippen LogP contribution >= 0.6 is 31.9 Å². The fourth-order valence-electron chi connectivity index (χ4n) is 1.40. The Morgan fingerprint density at radius 1 is 1.33 bits per heavy atom. The molecule has 2 aromatic rings. The molecule has 0 aliphatic heterocycles. The Kier molecular flexibility index (Phi) is 4.13. The normalized spacial score (nSPS) is 10.4. The third-order valence-corrected chi connectivity index (χ3v) is 3.23. The molecule has 0 fully saturated rings. The molecule has 0 N–H and O–H groups in total. The Morgan fingerprint density at radius 2 is 2.00 bits per heavy atom. The van der Waals surface area contributed by atoms with Crippen molar-refractivity contribution in [3.05, 3.63) is 39.3 Å². The van der Waals surface area contributed by atoms with Crippen molar-refractivity contribution in [1.29, 1.82) is 0 Å². The highest BCUT2D eigenvalue weighted by atomic mass is 79.9. The van der Waals surface area contributed by atoms with Gasteiger partial charge in [0.25, 0.3) is 0 Å². The van der Waals surface area contributed by atoms with Crippen molar-refractivity contribution in [2.45, 2.75) is 6.54 Å². The van der Waals surface area contributed by atoms with Crippen LogP contribution in [0.5, 0.6) is 5.75 Å². The molecule has 1 heterocycles. The predicted molar refractivity (Wildman–Crippen MR) is 72.7 cm³/mol. The van der Waals surface area contributed by atoms with Crippen LogP contribution < -0.4 is 4.74 Å². The van der Waals surface area contributed by atoms with Crippen molar-refractivity contribution in [3.8, 4) is 5.75 Å². The minimum Gasteiger partial charge on any atom is -0.497 e. The van der Waals surface area contributed by atoms with Gasteiger partial charge in [-0.1, -0.05) is 0 Å². The lowest BCUT2D eigenvalue weighted by atomic mass is 10.1. The number of nitrogens with zero attached hydrogens (tertiary/aromatic N) is 3. The summed E-state index contributed by atoms with van der Waals surface area (Å²) in [7, 11) is 1.58. The van der Waals surface area contributed by atoms with E-state index in [-0.39, 0.29) is 12.3 Å². The standard InChI is InChI=1S/C11H9Br2N3O2/c1-18-8-4-2-7(3-5-8)9(17)6-16-11(13)14-10(12)15-16/h2-5H,6H2,1H3. The Labute approximate surface area is 120 Å². The first kappa shape index (κ1) is 13.2. The maximum absolute atomic E-state index is 12.0. The molecule has 0 spiro atoms. The Hall–Kier alpha value is -1.21. The molecule has 0 amide bonds. The number of rotatable bonds is 4. The van der Waals surface area contributed by atoms with Crippen molar-refractivity contribution in [2.75, 3.05) is 7.11 Å². The molecule has 0 atom stereocenters. The molecule has 0 radical (unpaired) electrons. The Bertz CT molecular complexity index is 566. The number of ether oxygens (including phenoxy) is 1. The van der Waals surface area contributed by atoms with E-state index < -0.39 is 0 Å².